The Morgan fingerprint density at radius 1 is 1.47 bits per heavy atom. The number of carbonyl (C=O) groups excluding carboxylic acids is 1. The molecule has 0 N–H and O–H groups in total. The second-order valence-electron chi connectivity index (χ2n) is 4.21. The summed E-state index contributed by atoms with van der Waals surface area (Å²) in [5.41, 5.74) is -0.397. The monoisotopic (exact) mass is 240 g/mol. The highest BCUT2D eigenvalue weighted by Gasteiger charge is 2.43. The summed E-state index contributed by atoms with van der Waals surface area (Å²) in [4.78, 5) is 15.6. The van der Waals surface area contributed by atoms with E-state index in [4.69, 9.17) is 14.0 Å². The normalized spacial score (nSPS) is 17.8. The first-order chi connectivity index (χ1) is 8.20. The quantitative estimate of drug-likeness (QED) is 0.734. The van der Waals surface area contributed by atoms with Crippen LogP contribution >= 0.6 is 0 Å². The number of ketones is 1. The fourth-order valence-electron chi connectivity index (χ4n) is 1.91. The molecule has 0 radical (unpaired) electrons. The largest absolute Gasteiger partial charge is 0.377 e. The lowest BCUT2D eigenvalue weighted by Gasteiger charge is -2.37. The van der Waals surface area contributed by atoms with Crippen LogP contribution in [0, 0.1) is 0 Å². The summed E-state index contributed by atoms with van der Waals surface area (Å²) in [6.07, 6.45) is 3.00. The number of rotatable bonds is 6. The minimum absolute atomic E-state index is 0.0626. The van der Waals surface area contributed by atoms with Gasteiger partial charge >= 0.3 is 0 Å². The van der Waals surface area contributed by atoms with Gasteiger partial charge in [-0.05, 0) is 19.3 Å². The van der Waals surface area contributed by atoms with E-state index in [1.165, 1.54) is 7.11 Å². The summed E-state index contributed by atoms with van der Waals surface area (Å²) in [7, 11) is 3.12. The smallest absolute Gasteiger partial charge is 0.234 e. The Labute approximate surface area is 99.3 Å². The SMILES string of the molecule is COCC(=O)Cc1nc(C2(OC)CCC2)no1. The molecule has 0 atom stereocenters. The first-order valence-corrected chi connectivity index (χ1v) is 5.59. The number of hydrogen-bond acceptors (Lipinski definition) is 6. The van der Waals surface area contributed by atoms with Crippen LogP contribution in [-0.2, 0) is 26.3 Å². The third-order valence-corrected chi connectivity index (χ3v) is 3.08. The highest BCUT2D eigenvalue weighted by Crippen LogP contribution is 2.42. The molecule has 1 saturated carbocycles. The average Bonchev–Trinajstić information content (AvgIpc) is 2.66. The van der Waals surface area contributed by atoms with Gasteiger partial charge in [0.15, 0.2) is 5.78 Å². The van der Waals surface area contributed by atoms with Gasteiger partial charge < -0.3 is 14.0 Å². The number of ether oxygens (including phenoxy) is 2. The van der Waals surface area contributed by atoms with Crippen LogP contribution in [0.1, 0.15) is 31.0 Å². The van der Waals surface area contributed by atoms with Crippen LogP contribution in [-0.4, -0.2) is 36.8 Å². The Hall–Kier alpha value is -1.27. The van der Waals surface area contributed by atoms with Crippen molar-refractivity contribution in [2.24, 2.45) is 0 Å². The molecule has 1 aliphatic carbocycles. The number of Topliss-reactive ketones (excluding diaryl/α,β-unsaturated/α-hetero) is 1. The predicted molar refractivity (Wildman–Crippen MR) is 57.4 cm³/mol. The Morgan fingerprint density at radius 3 is 2.76 bits per heavy atom. The number of carbonyl (C=O) groups is 1. The van der Waals surface area contributed by atoms with E-state index in [0.29, 0.717) is 11.7 Å². The highest BCUT2D eigenvalue weighted by molar-refractivity contribution is 5.81. The van der Waals surface area contributed by atoms with Crippen LogP contribution in [0.15, 0.2) is 4.52 Å². The van der Waals surface area contributed by atoms with Gasteiger partial charge in [0.05, 0.1) is 6.42 Å². The van der Waals surface area contributed by atoms with Gasteiger partial charge in [0.25, 0.3) is 0 Å². The van der Waals surface area contributed by atoms with Crippen LogP contribution in [0.3, 0.4) is 0 Å². The van der Waals surface area contributed by atoms with E-state index in [1.807, 2.05) is 0 Å². The fourth-order valence-corrected chi connectivity index (χ4v) is 1.91. The van der Waals surface area contributed by atoms with Gasteiger partial charge in [-0.15, -0.1) is 0 Å². The van der Waals surface area contributed by atoms with Crippen molar-refractivity contribution >= 4 is 5.78 Å². The van der Waals surface area contributed by atoms with E-state index in [-0.39, 0.29) is 18.8 Å². The van der Waals surface area contributed by atoms with Crippen molar-refractivity contribution in [1.29, 1.82) is 0 Å². The van der Waals surface area contributed by atoms with Crippen molar-refractivity contribution in [3.63, 3.8) is 0 Å². The molecule has 6 nitrogen and oxygen atoms in total. The molecule has 6 heteroatoms. The maximum Gasteiger partial charge on any atom is 0.234 e. The second-order valence-corrected chi connectivity index (χ2v) is 4.21. The molecular formula is C11H16N2O4. The molecule has 0 bridgehead atoms. The van der Waals surface area contributed by atoms with Crippen molar-refractivity contribution in [1.82, 2.24) is 10.1 Å². The number of hydrogen-bond donors (Lipinski definition) is 0. The van der Waals surface area contributed by atoms with Gasteiger partial charge in [-0.2, -0.15) is 4.98 Å². The Kier molecular flexibility index (Phi) is 3.54. The molecule has 0 unspecified atom stereocenters. The van der Waals surface area contributed by atoms with Crippen molar-refractivity contribution < 1.29 is 18.8 Å². The van der Waals surface area contributed by atoms with Crippen molar-refractivity contribution in [2.75, 3.05) is 20.8 Å². The summed E-state index contributed by atoms with van der Waals surface area (Å²) in [6.45, 7) is 0.0626. The van der Waals surface area contributed by atoms with Gasteiger partial charge in [-0.1, -0.05) is 5.16 Å². The number of aromatic nitrogens is 2. The molecule has 0 saturated heterocycles. The number of nitrogens with zero attached hydrogens (tertiary/aromatic N) is 2. The van der Waals surface area contributed by atoms with E-state index >= 15 is 0 Å². The molecule has 1 aromatic heterocycles. The number of methoxy groups -OCH3 is 2. The predicted octanol–water partition coefficient (Wildman–Crippen LogP) is 0.853. The summed E-state index contributed by atoms with van der Waals surface area (Å²) in [5.74, 6) is 0.791. The third-order valence-electron chi connectivity index (χ3n) is 3.08. The summed E-state index contributed by atoms with van der Waals surface area (Å²) in [6, 6.07) is 0. The Morgan fingerprint density at radius 2 is 2.24 bits per heavy atom. The molecule has 1 aliphatic rings. The summed E-state index contributed by atoms with van der Waals surface area (Å²) in [5, 5.41) is 3.89. The zero-order valence-electron chi connectivity index (χ0n) is 10.1. The van der Waals surface area contributed by atoms with Crippen molar-refractivity contribution in [2.45, 2.75) is 31.3 Å². The van der Waals surface area contributed by atoms with Gasteiger partial charge in [0.2, 0.25) is 11.7 Å². The van der Waals surface area contributed by atoms with Crippen LogP contribution in [0.25, 0.3) is 0 Å². The molecule has 0 spiro atoms. The zero-order valence-corrected chi connectivity index (χ0v) is 10.1. The topological polar surface area (TPSA) is 74.5 Å². The van der Waals surface area contributed by atoms with Gasteiger partial charge in [0, 0.05) is 14.2 Å². The summed E-state index contributed by atoms with van der Waals surface area (Å²) < 4.78 is 15.2. The minimum Gasteiger partial charge on any atom is -0.377 e. The zero-order chi connectivity index (χ0) is 12.3. The standard InChI is InChI=1S/C11H16N2O4/c1-15-7-8(14)6-9-12-10(13-17-9)11(16-2)4-3-5-11/h3-7H2,1-2H3. The van der Waals surface area contributed by atoms with E-state index in [9.17, 15) is 4.79 Å². The van der Waals surface area contributed by atoms with Gasteiger partial charge in [-0.25, -0.2) is 0 Å². The maximum atomic E-state index is 11.3. The lowest BCUT2D eigenvalue weighted by Crippen LogP contribution is -2.37. The van der Waals surface area contributed by atoms with E-state index < -0.39 is 5.60 Å². The molecule has 94 valence electrons. The van der Waals surface area contributed by atoms with Crippen LogP contribution in [0.5, 0.6) is 0 Å². The summed E-state index contributed by atoms with van der Waals surface area (Å²) >= 11 is 0. The Balaban J connectivity index is 2.03. The lowest BCUT2D eigenvalue weighted by atomic mass is 9.79. The highest BCUT2D eigenvalue weighted by atomic mass is 16.5. The van der Waals surface area contributed by atoms with E-state index in [1.54, 1.807) is 7.11 Å². The maximum absolute atomic E-state index is 11.3. The lowest BCUT2D eigenvalue weighted by molar-refractivity contribution is -0.122. The van der Waals surface area contributed by atoms with E-state index in [0.717, 1.165) is 19.3 Å². The van der Waals surface area contributed by atoms with Crippen LogP contribution in [0.2, 0.25) is 0 Å². The first-order valence-electron chi connectivity index (χ1n) is 5.59. The molecule has 2 rings (SSSR count). The van der Waals surface area contributed by atoms with Gasteiger partial charge in [-0.3, -0.25) is 4.79 Å². The minimum atomic E-state index is -0.397. The van der Waals surface area contributed by atoms with Crippen molar-refractivity contribution in [3.05, 3.63) is 11.7 Å². The molecular weight excluding hydrogens is 224 g/mol. The molecule has 1 aromatic rings. The molecule has 1 heterocycles. The Bertz CT molecular complexity index is 392. The van der Waals surface area contributed by atoms with E-state index in [2.05, 4.69) is 10.1 Å². The molecule has 0 aliphatic heterocycles. The first kappa shape index (κ1) is 12.2. The van der Waals surface area contributed by atoms with Crippen LogP contribution in [0.4, 0.5) is 0 Å². The fraction of sp³-hybridized carbons (Fsp3) is 0.727. The molecule has 0 amide bonds. The van der Waals surface area contributed by atoms with Gasteiger partial charge in [0.1, 0.15) is 12.2 Å². The molecule has 1 fully saturated rings. The average molecular weight is 240 g/mol. The third kappa shape index (κ3) is 2.37. The molecule has 17 heavy (non-hydrogen) atoms. The second kappa shape index (κ2) is 4.93. The van der Waals surface area contributed by atoms with Crippen molar-refractivity contribution in [3.8, 4) is 0 Å². The van der Waals surface area contributed by atoms with Crippen LogP contribution < -0.4 is 0 Å². The molecule has 0 aromatic carbocycles.